The van der Waals surface area contributed by atoms with Gasteiger partial charge in [0.15, 0.2) is 6.61 Å². The zero-order chi connectivity index (χ0) is 18.4. The number of pyridine rings is 1. The van der Waals surface area contributed by atoms with Gasteiger partial charge in [0.2, 0.25) is 0 Å². The molecule has 0 aliphatic rings. The Morgan fingerprint density at radius 1 is 1.12 bits per heavy atom. The number of anilines is 1. The number of rotatable bonds is 5. The van der Waals surface area contributed by atoms with Gasteiger partial charge in [0.05, 0.1) is 10.6 Å². The Kier molecular flexibility index (Phi) is 6.32. The number of nitrogens with zero attached hydrogens (tertiary/aromatic N) is 1. The van der Waals surface area contributed by atoms with Crippen molar-refractivity contribution >= 4 is 46.7 Å². The quantitative estimate of drug-likeness (QED) is 0.612. The number of halogens is 2. The first kappa shape index (κ1) is 18.7. The van der Waals surface area contributed by atoms with E-state index >= 15 is 0 Å². The molecule has 0 saturated heterocycles. The highest BCUT2D eigenvalue weighted by molar-refractivity contribution is 6.41. The van der Waals surface area contributed by atoms with Crippen molar-refractivity contribution in [3.05, 3.63) is 57.8 Å². The van der Waals surface area contributed by atoms with E-state index in [4.69, 9.17) is 27.9 Å². The minimum Gasteiger partial charge on any atom is -0.452 e. The van der Waals surface area contributed by atoms with Gasteiger partial charge in [-0.15, -0.1) is 0 Å². The van der Waals surface area contributed by atoms with E-state index in [1.165, 1.54) is 19.3 Å². The molecule has 2 rings (SSSR count). The minimum atomic E-state index is -0.754. The SMILES string of the molecule is CNC(=O)c1ccc(NC(=O)COC(=O)c2cnc(Cl)c(Cl)c2)cc1. The van der Waals surface area contributed by atoms with Crippen molar-refractivity contribution in [1.82, 2.24) is 10.3 Å². The van der Waals surface area contributed by atoms with Crippen molar-refractivity contribution in [2.75, 3.05) is 19.0 Å². The molecule has 25 heavy (non-hydrogen) atoms. The molecule has 0 aliphatic carbocycles. The van der Waals surface area contributed by atoms with Crippen molar-refractivity contribution in [3.8, 4) is 0 Å². The van der Waals surface area contributed by atoms with Gasteiger partial charge in [-0.25, -0.2) is 9.78 Å². The van der Waals surface area contributed by atoms with Crippen molar-refractivity contribution in [2.24, 2.45) is 0 Å². The molecule has 2 amide bonds. The second kappa shape index (κ2) is 8.46. The van der Waals surface area contributed by atoms with Crippen LogP contribution in [-0.4, -0.2) is 36.4 Å². The maximum Gasteiger partial charge on any atom is 0.340 e. The van der Waals surface area contributed by atoms with Crippen LogP contribution >= 0.6 is 23.2 Å². The second-order valence-corrected chi connectivity index (χ2v) is 5.54. The highest BCUT2D eigenvalue weighted by atomic mass is 35.5. The maximum atomic E-state index is 11.8. The standard InChI is InChI=1S/C16H13Cl2N3O4/c1-19-15(23)9-2-4-11(5-3-9)21-13(22)8-25-16(24)10-6-12(17)14(18)20-7-10/h2-7H,8H2,1H3,(H,19,23)(H,21,22). The first-order valence-electron chi connectivity index (χ1n) is 7.01. The Morgan fingerprint density at radius 3 is 2.40 bits per heavy atom. The molecule has 9 heteroatoms. The Hall–Kier alpha value is -2.64. The van der Waals surface area contributed by atoms with Crippen LogP contribution in [0, 0.1) is 0 Å². The fourth-order valence-corrected chi connectivity index (χ4v) is 2.06. The molecule has 0 aliphatic heterocycles. The molecule has 130 valence electrons. The predicted molar refractivity (Wildman–Crippen MR) is 93.0 cm³/mol. The molecular weight excluding hydrogens is 369 g/mol. The smallest absolute Gasteiger partial charge is 0.340 e. The number of carbonyl (C=O) groups is 3. The van der Waals surface area contributed by atoms with E-state index in [2.05, 4.69) is 15.6 Å². The average molecular weight is 382 g/mol. The number of hydrogen-bond donors (Lipinski definition) is 2. The molecule has 0 atom stereocenters. The molecule has 1 aromatic heterocycles. The predicted octanol–water partition coefficient (Wildman–Crippen LogP) is 2.54. The number of benzene rings is 1. The number of hydrogen-bond acceptors (Lipinski definition) is 5. The molecule has 1 aromatic carbocycles. The van der Waals surface area contributed by atoms with Crippen LogP contribution < -0.4 is 10.6 Å². The number of aromatic nitrogens is 1. The summed E-state index contributed by atoms with van der Waals surface area (Å²) in [6.07, 6.45) is 1.20. The Labute approximate surface area is 153 Å². The Balaban J connectivity index is 1.88. The first-order valence-corrected chi connectivity index (χ1v) is 7.76. The summed E-state index contributed by atoms with van der Waals surface area (Å²) in [5.41, 5.74) is 1.00. The van der Waals surface area contributed by atoms with Crippen LogP contribution in [0.2, 0.25) is 10.2 Å². The molecule has 0 saturated carbocycles. The Bertz CT molecular complexity index is 810. The molecule has 0 spiro atoms. The summed E-state index contributed by atoms with van der Waals surface area (Å²) in [4.78, 5) is 38.8. The van der Waals surface area contributed by atoms with Crippen molar-refractivity contribution < 1.29 is 19.1 Å². The molecular formula is C16H13Cl2N3O4. The highest BCUT2D eigenvalue weighted by Gasteiger charge is 2.13. The normalized spacial score (nSPS) is 10.0. The molecule has 0 unspecified atom stereocenters. The van der Waals surface area contributed by atoms with Crippen LogP contribution in [0.5, 0.6) is 0 Å². The molecule has 2 aromatic rings. The summed E-state index contributed by atoms with van der Waals surface area (Å²) in [5, 5.41) is 5.21. The van der Waals surface area contributed by atoms with E-state index < -0.39 is 18.5 Å². The summed E-state index contributed by atoms with van der Waals surface area (Å²) < 4.78 is 4.88. The van der Waals surface area contributed by atoms with Gasteiger partial charge in [-0.1, -0.05) is 23.2 Å². The number of amides is 2. The van der Waals surface area contributed by atoms with E-state index in [0.717, 1.165) is 0 Å². The third-order valence-electron chi connectivity index (χ3n) is 3.02. The summed E-state index contributed by atoms with van der Waals surface area (Å²) in [6.45, 7) is -0.490. The van der Waals surface area contributed by atoms with Crippen molar-refractivity contribution in [2.45, 2.75) is 0 Å². The first-order chi connectivity index (χ1) is 11.9. The van der Waals surface area contributed by atoms with Gasteiger partial charge in [-0.3, -0.25) is 9.59 Å². The van der Waals surface area contributed by atoms with Gasteiger partial charge < -0.3 is 15.4 Å². The van der Waals surface area contributed by atoms with E-state index in [1.54, 1.807) is 24.3 Å². The van der Waals surface area contributed by atoms with Gasteiger partial charge in [0, 0.05) is 24.5 Å². The Morgan fingerprint density at radius 2 is 1.80 bits per heavy atom. The fourth-order valence-electron chi connectivity index (χ4n) is 1.79. The second-order valence-electron chi connectivity index (χ2n) is 4.78. The lowest BCUT2D eigenvalue weighted by Crippen LogP contribution is -2.21. The summed E-state index contributed by atoms with van der Waals surface area (Å²) in [5.74, 6) is -1.52. The van der Waals surface area contributed by atoms with Crippen LogP contribution in [0.25, 0.3) is 0 Å². The number of ether oxygens (including phenoxy) is 1. The van der Waals surface area contributed by atoms with Gasteiger partial charge in [0.1, 0.15) is 5.15 Å². The van der Waals surface area contributed by atoms with Crippen LogP contribution in [0.15, 0.2) is 36.5 Å². The van der Waals surface area contributed by atoms with Crippen LogP contribution in [-0.2, 0) is 9.53 Å². The fraction of sp³-hybridized carbons (Fsp3) is 0.125. The molecule has 7 nitrogen and oxygen atoms in total. The zero-order valence-corrected chi connectivity index (χ0v) is 14.5. The number of esters is 1. The highest BCUT2D eigenvalue weighted by Crippen LogP contribution is 2.20. The summed E-state index contributed by atoms with van der Waals surface area (Å²) in [6, 6.07) is 7.54. The third kappa shape index (κ3) is 5.17. The van der Waals surface area contributed by atoms with Gasteiger partial charge in [-0.2, -0.15) is 0 Å². The van der Waals surface area contributed by atoms with Gasteiger partial charge in [0.25, 0.3) is 11.8 Å². The number of nitrogens with one attached hydrogen (secondary N) is 2. The summed E-state index contributed by atoms with van der Waals surface area (Å²) >= 11 is 11.4. The van der Waals surface area contributed by atoms with Gasteiger partial charge >= 0.3 is 5.97 Å². The van der Waals surface area contributed by atoms with Crippen LogP contribution in [0.1, 0.15) is 20.7 Å². The van der Waals surface area contributed by atoms with E-state index in [0.29, 0.717) is 11.3 Å². The lowest BCUT2D eigenvalue weighted by molar-refractivity contribution is -0.119. The van der Waals surface area contributed by atoms with E-state index in [-0.39, 0.29) is 21.6 Å². The minimum absolute atomic E-state index is 0.0659. The van der Waals surface area contributed by atoms with E-state index in [1.807, 2.05) is 0 Å². The number of carbonyl (C=O) groups excluding carboxylic acids is 3. The van der Waals surface area contributed by atoms with Crippen LogP contribution in [0.4, 0.5) is 5.69 Å². The van der Waals surface area contributed by atoms with Crippen LogP contribution in [0.3, 0.4) is 0 Å². The largest absolute Gasteiger partial charge is 0.452 e. The van der Waals surface area contributed by atoms with Crippen molar-refractivity contribution in [3.63, 3.8) is 0 Å². The molecule has 2 N–H and O–H groups in total. The molecule has 0 bridgehead atoms. The van der Waals surface area contributed by atoms with Crippen molar-refractivity contribution in [1.29, 1.82) is 0 Å². The van der Waals surface area contributed by atoms with E-state index in [9.17, 15) is 14.4 Å². The zero-order valence-electron chi connectivity index (χ0n) is 13.0. The average Bonchev–Trinajstić information content (AvgIpc) is 2.62. The molecule has 1 heterocycles. The lowest BCUT2D eigenvalue weighted by Gasteiger charge is -2.07. The maximum absolute atomic E-state index is 11.8. The topological polar surface area (TPSA) is 97.4 Å². The lowest BCUT2D eigenvalue weighted by atomic mass is 10.2. The third-order valence-corrected chi connectivity index (χ3v) is 3.71. The monoisotopic (exact) mass is 381 g/mol. The molecule has 0 radical (unpaired) electrons. The summed E-state index contributed by atoms with van der Waals surface area (Å²) in [7, 11) is 1.52. The van der Waals surface area contributed by atoms with Gasteiger partial charge in [-0.05, 0) is 30.3 Å². The molecule has 0 fully saturated rings.